The van der Waals surface area contributed by atoms with Gasteiger partial charge in [0.05, 0.1) is 17.5 Å². The second-order valence-corrected chi connectivity index (χ2v) is 4.81. The molecule has 0 spiro atoms. The number of carbonyl (C=O) groups excluding carboxylic acids is 2. The summed E-state index contributed by atoms with van der Waals surface area (Å²) in [5.41, 5.74) is 0.998. The van der Waals surface area contributed by atoms with Gasteiger partial charge in [-0.3, -0.25) is 4.79 Å². The van der Waals surface area contributed by atoms with E-state index in [1.54, 1.807) is 24.3 Å². The summed E-state index contributed by atoms with van der Waals surface area (Å²) in [5.74, 6) is -0.428. The maximum absolute atomic E-state index is 11.7. The van der Waals surface area contributed by atoms with E-state index < -0.39 is 5.97 Å². The number of methoxy groups -OCH3 is 1. The summed E-state index contributed by atoms with van der Waals surface area (Å²) >= 11 is 6.47. The Hall–Kier alpha value is -0.680. The Kier molecular flexibility index (Phi) is 5.15. The van der Waals surface area contributed by atoms with E-state index in [2.05, 4.69) is 36.6 Å². The molecule has 1 unspecified atom stereocenters. The fourth-order valence-corrected chi connectivity index (χ4v) is 1.70. The first kappa shape index (κ1) is 13.4. The fourth-order valence-electron chi connectivity index (χ4n) is 1.14. The molecule has 5 heteroatoms. The molecule has 0 radical (unpaired) electrons. The van der Waals surface area contributed by atoms with Gasteiger partial charge in [-0.2, -0.15) is 0 Å². The number of alkyl halides is 2. The Morgan fingerprint density at radius 2 is 1.75 bits per heavy atom. The Morgan fingerprint density at radius 3 is 2.19 bits per heavy atom. The number of Topliss-reactive ketones (excluding diaryl/α,β-unsaturated/α-hetero) is 1. The van der Waals surface area contributed by atoms with Crippen molar-refractivity contribution in [1.82, 2.24) is 0 Å². The summed E-state index contributed by atoms with van der Waals surface area (Å²) < 4.78 is 4.56. The number of rotatable bonds is 4. The first-order valence-electron chi connectivity index (χ1n) is 4.52. The minimum atomic E-state index is -0.408. The van der Waals surface area contributed by atoms with Gasteiger partial charge in [0.2, 0.25) is 0 Å². The van der Waals surface area contributed by atoms with Crippen molar-refractivity contribution in [1.29, 1.82) is 0 Å². The van der Waals surface area contributed by atoms with Crippen LogP contribution in [0.1, 0.15) is 20.7 Å². The van der Waals surface area contributed by atoms with Gasteiger partial charge in [-0.25, -0.2) is 4.79 Å². The molecule has 0 bridgehead atoms. The summed E-state index contributed by atoms with van der Waals surface area (Å²) in [7, 11) is 1.32. The first-order valence-corrected chi connectivity index (χ1v) is 6.56. The summed E-state index contributed by atoms with van der Waals surface area (Å²) in [5, 5.41) is 0.546. The van der Waals surface area contributed by atoms with Crippen LogP contribution in [-0.2, 0) is 4.74 Å². The van der Waals surface area contributed by atoms with Crippen LogP contribution >= 0.6 is 31.9 Å². The smallest absolute Gasteiger partial charge is 0.337 e. The third kappa shape index (κ3) is 3.15. The lowest BCUT2D eigenvalue weighted by atomic mass is 10.1. The van der Waals surface area contributed by atoms with Crippen LogP contribution in [0.25, 0.3) is 0 Å². The molecule has 0 saturated heterocycles. The molecule has 0 aromatic heterocycles. The fraction of sp³-hybridized carbons (Fsp3) is 0.273. The molecular weight excluding hydrogens is 340 g/mol. The number of benzene rings is 1. The molecular formula is C11H10Br2O3. The predicted molar refractivity (Wildman–Crippen MR) is 68.6 cm³/mol. The molecule has 1 rings (SSSR count). The van der Waals surface area contributed by atoms with Crippen molar-refractivity contribution >= 4 is 43.6 Å². The third-order valence-corrected chi connectivity index (χ3v) is 4.27. The first-order chi connectivity index (χ1) is 7.60. The highest BCUT2D eigenvalue weighted by atomic mass is 79.9. The highest BCUT2D eigenvalue weighted by Gasteiger charge is 2.15. The number of hydrogen-bond acceptors (Lipinski definition) is 3. The molecule has 0 aliphatic rings. The molecule has 0 saturated carbocycles. The van der Waals surface area contributed by atoms with E-state index in [0.29, 0.717) is 16.5 Å². The zero-order valence-corrected chi connectivity index (χ0v) is 11.7. The average molecular weight is 350 g/mol. The Morgan fingerprint density at radius 1 is 1.25 bits per heavy atom. The van der Waals surface area contributed by atoms with Crippen molar-refractivity contribution in [2.45, 2.75) is 4.83 Å². The van der Waals surface area contributed by atoms with Gasteiger partial charge < -0.3 is 4.74 Å². The van der Waals surface area contributed by atoms with Gasteiger partial charge in [-0.05, 0) is 12.1 Å². The van der Waals surface area contributed by atoms with Crippen molar-refractivity contribution < 1.29 is 14.3 Å². The van der Waals surface area contributed by atoms with Gasteiger partial charge in [0.15, 0.2) is 5.78 Å². The highest BCUT2D eigenvalue weighted by molar-refractivity contribution is 9.12. The second kappa shape index (κ2) is 6.15. The van der Waals surface area contributed by atoms with Crippen molar-refractivity contribution in [3.8, 4) is 0 Å². The number of halogens is 2. The maximum Gasteiger partial charge on any atom is 0.337 e. The van der Waals surface area contributed by atoms with Crippen LogP contribution in [0.5, 0.6) is 0 Å². The van der Waals surface area contributed by atoms with Gasteiger partial charge in [0, 0.05) is 10.9 Å². The lowest BCUT2D eigenvalue weighted by Crippen LogP contribution is -2.15. The largest absolute Gasteiger partial charge is 0.465 e. The molecule has 0 fully saturated rings. The Bertz CT molecular complexity index is 387. The molecule has 1 aromatic carbocycles. The van der Waals surface area contributed by atoms with E-state index in [1.165, 1.54) is 7.11 Å². The molecule has 16 heavy (non-hydrogen) atoms. The zero-order chi connectivity index (χ0) is 12.1. The van der Waals surface area contributed by atoms with E-state index >= 15 is 0 Å². The number of ketones is 1. The van der Waals surface area contributed by atoms with E-state index in [1.807, 2.05) is 0 Å². The minimum Gasteiger partial charge on any atom is -0.465 e. The van der Waals surface area contributed by atoms with Gasteiger partial charge in [-0.15, -0.1) is 0 Å². The summed E-state index contributed by atoms with van der Waals surface area (Å²) in [6, 6.07) is 6.39. The topological polar surface area (TPSA) is 43.4 Å². The summed E-state index contributed by atoms with van der Waals surface area (Å²) in [6.45, 7) is 0. The second-order valence-electron chi connectivity index (χ2n) is 3.06. The minimum absolute atomic E-state index is 0.0201. The summed E-state index contributed by atoms with van der Waals surface area (Å²) in [6.07, 6.45) is 0. The highest BCUT2D eigenvalue weighted by Crippen LogP contribution is 2.13. The maximum atomic E-state index is 11.7. The van der Waals surface area contributed by atoms with Crippen LogP contribution in [0.3, 0.4) is 0 Å². The monoisotopic (exact) mass is 348 g/mol. The number of hydrogen-bond donors (Lipinski definition) is 0. The molecule has 3 nitrogen and oxygen atoms in total. The van der Waals surface area contributed by atoms with E-state index in [4.69, 9.17) is 0 Å². The van der Waals surface area contributed by atoms with Crippen LogP contribution in [0, 0.1) is 0 Å². The molecule has 1 aromatic rings. The average Bonchev–Trinajstić information content (AvgIpc) is 2.36. The number of carbonyl (C=O) groups is 2. The van der Waals surface area contributed by atoms with Gasteiger partial charge in [0.25, 0.3) is 0 Å². The molecule has 0 amide bonds. The Balaban J connectivity index is 2.87. The van der Waals surface area contributed by atoms with Crippen LogP contribution in [0.15, 0.2) is 24.3 Å². The number of ether oxygens (including phenoxy) is 1. The van der Waals surface area contributed by atoms with Crippen LogP contribution < -0.4 is 0 Å². The molecule has 0 heterocycles. The van der Waals surface area contributed by atoms with Gasteiger partial charge >= 0.3 is 5.97 Å². The van der Waals surface area contributed by atoms with Crippen LogP contribution in [0.4, 0.5) is 0 Å². The predicted octanol–water partition coefficient (Wildman–Crippen LogP) is 2.81. The normalized spacial score (nSPS) is 11.9. The van der Waals surface area contributed by atoms with E-state index in [-0.39, 0.29) is 10.6 Å². The molecule has 0 aliphatic carbocycles. The van der Waals surface area contributed by atoms with Crippen LogP contribution in [0.2, 0.25) is 0 Å². The quantitative estimate of drug-likeness (QED) is 0.477. The SMILES string of the molecule is COC(=O)c1ccc(C(=O)C(Br)CBr)cc1. The van der Waals surface area contributed by atoms with E-state index in [0.717, 1.165) is 0 Å². The lowest BCUT2D eigenvalue weighted by Gasteiger charge is -2.05. The van der Waals surface area contributed by atoms with Crippen molar-refractivity contribution in [2.24, 2.45) is 0 Å². The molecule has 0 aliphatic heterocycles. The van der Waals surface area contributed by atoms with Gasteiger partial charge in [0.1, 0.15) is 0 Å². The van der Waals surface area contributed by atoms with Crippen molar-refractivity contribution in [3.63, 3.8) is 0 Å². The molecule has 0 N–H and O–H groups in total. The Labute approximate surface area is 110 Å². The van der Waals surface area contributed by atoms with Crippen molar-refractivity contribution in [3.05, 3.63) is 35.4 Å². The standard InChI is InChI=1S/C11H10Br2O3/c1-16-11(15)8-4-2-7(3-5-8)10(14)9(13)6-12/h2-5,9H,6H2,1H3. The summed E-state index contributed by atoms with van der Waals surface area (Å²) in [4.78, 5) is 22.6. The third-order valence-electron chi connectivity index (χ3n) is 2.01. The van der Waals surface area contributed by atoms with E-state index in [9.17, 15) is 9.59 Å². The van der Waals surface area contributed by atoms with Crippen molar-refractivity contribution in [2.75, 3.05) is 12.4 Å². The van der Waals surface area contributed by atoms with Crippen LogP contribution in [-0.4, -0.2) is 29.0 Å². The zero-order valence-electron chi connectivity index (χ0n) is 8.57. The molecule has 86 valence electrons. The van der Waals surface area contributed by atoms with Gasteiger partial charge in [-0.1, -0.05) is 44.0 Å². The number of esters is 1. The molecule has 1 atom stereocenters. The lowest BCUT2D eigenvalue weighted by molar-refractivity contribution is 0.0600.